The van der Waals surface area contributed by atoms with Gasteiger partial charge in [-0.25, -0.2) is 0 Å². The number of carbonyl (C=O) groups excluding carboxylic acids is 1. The Balaban J connectivity index is 4.60. The molecule has 0 amide bonds. The van der Waals surface area contributed by atoms with Crippen molar-refractivity contribution in [3.63, 3.8) is 0 Å². The van der Waals surface area contributed by atoms with Crippen molar-refractivity contribution in [3.05, 3.63) is 11.6 Å². The molecule has 0 aromatic heterocycles. The second-order valence-electron chi connectivity index (χ2n) is 2.80. The largest absolute Gasteiger partial charge is 0.481 e. The monoisotopic (exact) mass is 200 g/mol. The molecule has 0 atom stereocenters. The van der Waals surface area contributed by atoms with Crippen LogP contribution >= 0.6 is 0 Å². The van der Waals surface area contributed by atoms with Crippen LogP contribution in [0.15, 0.2) is 11.6 Å². The van der Waals surface area contributed by atoms with Crippen molar-refractivity contribution in [3.8, 4) is 0 Å². The van der Waals surface area contributed by atoms with Gasteiger partial charge in [0.1, 0.15) is 6.29 Å². The molecule has 78 valence electrons. The summed E-state index contributed by atoms with van der Waals surface area (Å²) >= 11 is 0. The standard InChI is InChI=1S/C9H12O5/c1-2-6(5-10)7(3-8(11)12)4-9(13)14/h2,5,7H,3-4H2,1H3,(H,11,12)(H,13,14)/b6-2-. The lowest BCUT2D eigenvalue weighted by atomic mass is 9.93. The van der Waals surface area contributed by atoms with Crippen LogP contribution in [-0.4, -0.2) is 28.4 Å². The van der Waals surface area contributed by atoms with Gasteiger partial charge in [-0.1, -0.05) is 6.08 Å². The maximum absolute atomic E-state index is 10.5. The summed E-state index contributed by atoms with van der Waals surface area (Å²) in [5.74, 6) is -2.97. The third-order valence-electron chi connectivity index (χ3n) is 1.78. The van der Waals surface area contributed by atoms with Crippen LogP contribution in [0.4, 0.5) is 0 Å². The Morgan fingerprint density at radius 3 is 1.86 bits per heavy atom. The minimum atomic E-state index is -1.11. The van der Waals surface area contributed by atoms with Crippen molar-refractivity contribution in [2.75, 3.05) is 0 Å². The van der Waals surface area contributed by atoms with Crippen molar-refractivity contribution < 1.29 is 24.6 Å². The Labute approximate surface area is 81.0 Å². The molecule has 0 aliphatic heterocycles. The highest BCUT2D eigenvalue weighted by molar-refractivity contribution is 5.79. The first-order valence-corrected chi connectivity index (χ1v) is 4.06. The molecule has 0 bridgehead atoms. The topological polar surface area (TPSA) is 91.7 Å². The zero-order valence-corrected chi connectivity index (χ0v) is 7.77. The summed E-state index contributed by atoms with van der Waals surface area (Å²) in [7, 11) is 0. The van der Waals surface area contributed by atoms with Gasteiger partial charge in [-0.2, -0.15) is 0 Å². The van der Waals surface area contributed by atoms with Gasteiger partial charge in [0.2, 0.25) is 0 Å². The van der Waals surface area contributed by atoms with Gasteiger partial charge in [-0.3, -0.25) is 14.4 Å². The summed E-state index contributed by atoms with van der Waals surface area (Å²) in [5.41, 5.74) is 0.217. The number of allylic oxidation sites excluding steroid dienone is 2. The van der Waals surface area contributed by atoms with Gasteiger partial charge in [0, 0.05) is 5.92 Å². The lowest BCUT2D eigenvalue weighted by molar-refractivity contribution is -0.140. The molecule has 0 aromatic rings. The van der Waals surface area contributed by atoms with Crippen LogP contribution in [0.25, 0.3) is 0 Å². The normalized spacial score (nSPS) is 11.4. The average Bonchev–Trinajstić information content (AvgIpc) is 2.03. The highest BCUT2D eigenvalue weighted by atomic mass is 16.4. The second-order valence-corrected chi connectivity index (χ2v) is 2.80. The number of aldehydes is 1. The maximum atomic E-state index is 10.5. The molecule has 0 aromatic carbocycles. The minimum absolute atomic E-state index is 0.217. The van der Waals surface area contributed by atoms with Crippen LogP contribution < -0.4 is 0 Å². The number of carboxylic acid groups (broad SMARTS) is 2. The number of hydrogen-bond acceptors (Lipinski definition) is 3. The van der Waals surface area contributed by atoms with E-state index in [9.17, 15) is 14.4 Å². The van der Waals surface area contributed by atoms with E-state index in [1.807, 2.05) is 0 Å². The van der Waals surface area contributed by atoms with E-state index in [4.69, 9.17) is 10.2 Å². The third-order valence-corrected chi connectivity index (χ3v) is 1.78. The van der Waals surface area contributed by atoms with E-state index in [1.54, 1.807) is 6.92 Å². The van der Waals surface area contributed by atoms with Gasteiger partial charge in [0.05, 0.1) is 12.8 Å². The van der Waals surface area contributed by atoms with Crippen molar-refractivity contribution in [2.45, 2.75) is 19.8 Å². The maximum Gasteiger partial charge on any atom is 0.303 e. The zero-order chi connectivity index (χ0) is 11.1. The van der Waals surface area contributed by atoms with Gasteiger partial charge >= 0.3 is 11.9 Å². The lowest BCUT2D eigenvalue weighted by Gasteiger charge is -2.11. The Bertz CT molecular complexity index is 250. The van der Waals surface area contributed by atoms with Crippen LogP contribution in [0.1, 0.15) is 19.8 Å². The highest BCUT2D eigenvalue weighted by Crippen LogP contribution is 2.17. The van der Waals surface area contributed by atoms with Crippen LogP contribution in [0.2, 0.25) is 0 Å². The Morgan fingerprint density at radius 1 is 1.21 bits per heavy atom. The summed E-state index contributed by atoms with van der Waals surface area (Å²) in [6.45, 7) is 1.57. The van der Waals surface area contributed by atoms with E-state index in [2.05, 4.69) is 0 Å². The lowest BCUT2D eigenvalue weighted by Crippen LogP contribution is -2.15. The molecule has 0 aliphatic rings. The van der Waals surface area contributed by atoms with Gasteiger partial charge in [0.15, 0.2) is 0 Å². The molecule has 0 saturated carbocycles. The first kappa shape index (κ1) is 12.3. The predicted octanol–water partition coefficient (Wildman–Crippen LogP) is 0.697. The molecule has 0 radical (unpaired) electrons. The highest BCUT2D eigenvalue weighted by Gasteiger charge is 2.20. The fourth-order valence-electron chi connectivity index (χ4n) is 1.13. The van der Waals surface area contributed by atoms with Crippen LogP contribution in [0, 0.1) is 5.92 Å². The molecule has 5 heteroatoms. The SMILES string of the molecule is C/C=C(/C=O)C(CC(=O)O)CC(=O)O. The number of rotatable bonds is 6. The average molecular weight is 200 g/mol. The van der Waals surface area contributed by atoms with Gasteiger partial charge in [-0.05, 0) is 12.5 Å². The number of carboxylic acids is 2. The molecule has 14 heavy (non-hydrogen) atoms. The summed E-state index contributed by atoms with van der Waals surface area (Å²) in [6, 6.07) is 0. The molecule has 0 saturated heterocycles. The van der Waals surface area contributed by atoms with Gasteiger partial charge in [0.25, 0.3) is 0 Å². The minimum Gasteiger partial charge on any atom is -0.481 e. The van der Waals surface area contributed by atoms with Gasteiger partial charge < -0.3 is 10.2 Å². The van der Waals surface area contributed by atoms with Crippen molar-refractivity contribution >= 4 is 18.2 Å². The molecule has 5 nitrogen and oxygen atoms in total. The first-order valence-electron chi connectivity index (χ1n) is 4.06. The molecule has 0 unspecified atom stereocenters. The van der Waals surface area contributed by atoms with Crippen molar-refractivity contribution in [2.24, 2.45) is 5.92 Å². The van der Waals surface area contributed by atoms with Crippen LogP contribution in [0.5, 0.6) is 0 Å². The zero-order valence-electron chi connectivity index (χ0n) is 7.77. The summed E-state index contributed by atoms with van der Waals surface area (Å²) in [6.07, 6.45) is 1.25. The Hall–Kier alpha value is -1.65. The number of hydrogen-bond donors (Lipinski definition) is 2. The molecule has 0 fully saturated rings. The quantitative estimate of drug-likeness (QED) is 0.486. The van der Waals surface area contributed by atoms with E-state index in [1.165, 1.54) is 6.08 Å². The first-order chi connectivity index (χ1) is 6.51. The van der Waals surface area contributed by atoms with E-state index < -0.39 is 17.9 Å². The third kappa shape index (κ3) is 4.39. The molecular weight excluding hydrogens is 188 g/mol. The second kappa shape index (κ2) is 5.90. The molecule has 0 rings (SSSR count). The Kier molecular flexibility index (Phi) is 5.21. The van der Waals surface area contributed by atoms with E-state index >= 15 is 0 Å². The van der Waals surface area contributed by atoms with E-state index in [0.29, 0.717) is 6.29 Å². The van der Waals surface area contributed by atoms with Crippen molar-refractivity contribution in [1.29, 1.82) is 0 Å². The van der Waals surface area contributed by atoms with E-state index in [0.717, 1.165) is 0 Å². The molecular formula is C9H12O5. The number of carbonyl (C=O) groups is 3. The van der Waals surface area contributed by atoms with Crippen LogP contribution in [0.3, 0.4) is 0 Å². The fourth-order valence-corrected chi connectivity index (χ4v) is 1.13. The Morgan fingerprint density at radius 2 is 1.64 bits per heavy atom. The van der Waals surface area contributed by atoms with Gasteiger partial charge in [-0.15, -0.1) is 0 Å². The van der Waals surface area contributed by atoms with Crippen molar-refractivity contribution in [1.82, 2.24) is 0 Å². The molecule has 0 heterocycles. The predicted molar refractivity (Wildman–Crippen MR) is 47.8 cm³/mol. The molecule has 0 spiro atoms. The molecule has 0 aliphatic carbocycles. The van der Waals surface area contributed by atoms with Crippen LogP contribution in [-0.2, 0) is 14.4 Å². The van der Waals surface area contributed by atoms with E-state index in [-0.39, 0.29) is 18.4 Å². The molecule has 2 N–H and O–H groups in total. The summed E-state index contributed by atoms with van der Waals surface area (Å²) in [5, 5.41) is 17.0. The fraction of sp³-hybridized carbons (Fsp3) is 0.444. The summed E-state index contributed by atoms with van der Waals surface area (Å²) < 4.78 is 0. The smallest absolute Gasteiger partial charge is 0.303 e. The number of aliphatic carboxylic acids is 2. The summed E-state index contributed by atoms with van der Waals surface area (Å²) in [4.78, 5) is 31.3.